The fourth-order valence-corrected chi connectivity index (χ4v) is 4.31. The molecule has 0 aliphatic carbocycles. The lowest BCUT2D eigenvalue weighted by atomic mass is 9.77. The Kier molecular flexibility index (Phi) is 5.65. The van der Waals surface area contributed by atoms with Gasteiger partial charge < -0.3 is 4.90 Å². The molecule has 3 rings (SSSR count). The number of benzene rings is 1. The van der Waals surface area contributed by atoms with E-state index in [9.17, 15) is 4.79 Å². The SMILES string of the molecule is CSCCC(=O)N1CCC2(CCN(Cc3ccccc3)CC2)C1. The second-order valence-corrected chi connectivity index (χ2v) is 8.06. The summed E-state index contributed by atoms with van der Waals surface area (Å²) in [6, 6.07) is 10.7. The minimum absolute atomic E-state index is 0.364. The highest BCUT2D eigenvalue weighted by molar-refractivity contribution is 7.98. The van der Waals surface area contributed by atoms with Gasteiger partial charge in [0.2, 0.25) is 5.91 Å². The molecule has 2 heterocycles. The van der Waals surface area contributed by atoms with Crippen LogP contribution in [0.1, 0.15) is 31.2 Å². The smallest absolute Gasteiger partial charge is 0.223 e. The summed E-state index contributed by atoms with van der Waals surface area (Å²) < 4.78 is 0. The molecule has 0 N–H and O–H groups in total. The van der Waals surface area contributed by atoms with Crippen LogP contribution < -0.4 is 0 Å². The number of carbonyl (C=O) groups excluding carboxylic acids is 1. The van der Waals surface area contributed by atoms with Gasteiger partial charge in [-0.2, -0.15) is 11.8 Å². The highest BCUT2D eigenvalue weighted by atomic mass is 32.2. The summed E-state index contributed by atoms with van der Waals surface area (Å²) in [5.74, 6) is 1.32. The second-order valence-electron chi connectivity index (χ2n) is 7.07. The van der Waals surface area contributed by atoms with E-state index in [0.29, 0.717) is 17.7 Å². The van der Waals surface area contributed by atoms with Gasteiger partial charge in [0.15, 0.2) is 0 Å². The molecule has 1 aromatic rings. The normalized spacial score (nSPS) is 21.0. The summed E-state index contributed by atoms with van der Waals surface area (Å²) in [5, 5.41) is 0. The van der Waals surface area contributed by atoms with E-state index in [4.69, 9.17) is 0 Å². The molecule has 2 aliphatic heterocycles. The molecule has 0 bridgehead atoms. The first-order chi connectivity index (χ1) is 11.2. The molecule has 2 saturated heterocycles. The highest BCUT2D eigenvalue weighted by Crippen LogP contribution is 2.40. The first-order valence-corrected chi connectivity index (χ1v) is 10.1. The standard InChI is InChI=1S/C19H28N2OS/c1-23-14-7-18(22)21-13-10-19(16-21)8-11-20(12-9-19)15-17-5-3-2-4-6-17/h2-6H,7-16H2,1H3. The molecule has 126 valence electrons. The van der Waals surface area contributed by atoms with Gasteiger partial charge >= 0.3 is 0 Å². The summed E-state index contributed by atoms with van der Waals surface area (Å²) in [5.41, 5.74) is 1.81. The lowest BCUT2D eigenvalue weighted by Crippen LogP contribution is -2.42. The number of carbonyl (C=O) groups is 1. The zero-order chi connectivity index (χ0) is 16.1. The van der Waals surface area contributed by atoms with Crippen molar-refractivity contribution in [3.8, 4) is 0 Å². The highest BCUT2D eigenvalue weighted by Gasteiger charge is 2.41. The van der Waals surface area contributed by atoms with Crippen LogP contribution in [0, 0.1) is 5.41 Å². The van der Waals surface area contributed by atoms with E-state index in [-0.39, 0.29) is 0 Å². The van der Waals surface area contributed by atoms with Gasteiger partial charge in [0.25, 0.3) is 0 Å². The van der Waals surface area contributed by atoms with Gasteiger partial charge in [0.1, 0.15) is 0 Å². The topological polar surface area (TPSA) is 23.6 Å². The number of amides is 1. The van der Waals surface area contributed by atoms with Crippen molar-refractivity contribution in [2.24, 2.45) is 5.41 Å². The first kappa shape index (κ1) is 16.8. The lowest BCUT2D eigenvalue weighted by molar-refractivity contribution is -0.130. The predicted octanol–water partition coefficient (Wildman–Crippen LogP) is 3.25. The number of nitrogens with zero attached hydrogens (tertiary/aromatic N) is 2. The monoisotopic (exact) mass is 332 g/mol. The quantitative estimate of drug-likeness (QED) is 0.827. The maximum absolute atomic E-state index is 12.2. The summed E-state index contributed by atoms with van der Waals surface area (Å²) >= 11 is 1.76. The van der Waals surface area contributed by atoms with Crippen molar-refractivity contribution in [3.63, 3.8) is 0 Å². The summed E-state index contributed by atoms with van der Waals surface area (Å²) in [7, 11) is 0. The van der Waals surface area contributed by atoms with E-state index in [1.165, 1.54) is 37.9 Å². The maximum atomic E-state index is 12.2. The molecule has 2 fully saturated rings. The summed E-state index contributed by atoms with van der Waals surface area (Å²) in [6.45, 7) is 5.38. The largest absolute Gasteiger partial charge is 0.342 e. The molecule has 0 atom stereocenters. The number of hydrogen-bond acceptors (Lipinski definition) is 3. The van der Waals surface area contributed by atoms with Gasteiger partial charge in [-0.25, -0.2) is 0 Å². The Hall–Kier alpha value is -1.00. The van der Waals surface area contributed by atoms with Gasteiger partial charge in [0, 0.05) is 31.8 Å². The van der Waals surface area contributed by atoms with E-state index >= 15 is 0 Å². The fraction of sp³-hybridized carbons (Fsp3) is 0.632. The molecule has 4 heteroatoms. The molecular weight excluding hydrogens is 304 g/mol. The fourth-order valence-electron chi connectivity index (χ4n) is 3.93. The molecule has 1 spiro atoms. The zero-order valence-electron chi connectivity index (χ0n) is 14.2. The first-order valence-electron chi connectivity index (χ1n) is 8.74. The van der Waals surface area contributed by atoms with Crippen LogP contribution in [0.15, 0.2) is 30.3 Å². The maximum Gasteiger partial charge on any atom is 0.223 e. The number of hydrogen-bond donors (Lipinski definition) is 0. The Balaban J connectivity index is 1.48. The van der Waals surface area contributed by atoms with Crippen LogP contribution >= 0.6 is 11.8 Å². The molecule has 0 radical (unpaired) electrons. The Morgan fingerprint density at radius 2 is 1.83 bits per heavy atom. The van der Waals surface area contributed by atoms with Crippen molar-refractivity contribution in [3.05, 3.63) is 35.9 Å². The third-order valence-electron chi connectivity index (χ3n) is 5.48. The Morgan fingerprint density at radius 3 is 2.52 bits per heavy atom. The van der Waals surface area contributed by atoms with Gasteiger partial charge in [-0.1, -0.05) is 30.3 Å². The number of piperidine rings is 1. The van der Waals surface area contributed by atoms with Gasteiger partial charge in [-0.3, -0.25) is 9.69 Å². The molecule has 0 aromatic heterocycles. The minimum Gasteiger partial charge on any atom is -0.342 e. The van der Waals surface area contributed by atoms with E-state index in [1.54, 1.807) is 11.8 Å². The molecule has 0 saturated carbocycles. The molecule has 1 aromatic carbocycles. The van der Waals surface area contributed by atoms with Crippen molar-refractivity contribution >= 4 is 17.7 Å². The van der Waals surface area contributed by atoms with Crippen LogP contribution in [0.5, 0.6) is 0 Å². The van der Waals surface area contributed by atoms with Crippen molar-refractivity contribution < 1.29 is 4.79 Å². The Morgan fingerprint density at radius 1 is 1.13 bits per heavy atom. The number of likely N-dealkylation sites (tertiary alicyclic amines) is 2. The van der Waals surface area contributed by atoms with Crippen molar-refractivity contribution in [1.29, 1.82) is 0 Å². The third-order valence-corrected chi connectivity index (χ3v) is 6.09. The lowest BCUT2D eigenvalue weighted by Gasteiger charge is -2.39. The average Bonchev–Trinajstić information content (AvgIpc) is 3.00. The van der Waals surface area contributed by atoms with Crippen LogP contribution in [0.2, 0.25) is 0 Å². The van der Waals surface area contributed by atoms with Crippen molar-refractivity contribution in [1.82, 2.24) is 9.80 Å². The molecular formula is C19H28N2OS. The molecule has 23 heavy (non-hydrogen) atoms. The van der Waals surface area contributed by atoms with Crippen LogP contribution in [0.4, 0.5) is 0 Å². The predicted molar refractivity (Wildman–Crippen MR) is 97.6 cm³/mol. The minimum atomic E-state index is 0.364. The van der Waals surface area contributed by atoms with E-state index in [1.807, 2.05) is 0 Å². The van der Waals surface area contributed by atoms with Gasteiger partial charge in [0.05, 0.1) is 0 Å². The zero-order valence-corrected chi connectivity index (χ0v) is 15.0. The summed E-state index contributed by atoms with van der Waals surface area (Å²) in [6.07, 6.45) is 6.47. The van der Waals surface area contributed by atoms with Crippen molar-refractivity contribution in [2.75, 3.05) is 38.2 Å². The van der Waals surface area contributed by atoms with Crippen molar-refractivity contribution in [2.45, 2.75) is 32.2 Å². The second kappa shape index (κ2) is 7.71. The Bertz CT molecular complexity index is 511. The average molecular weight is 333 g/mol. The van der Waals surface area contributed by atoms with Crippen LogP contribution in [-0.4, -0.2) is 53.9 Å². The van der Waals surface area contributed by atoms with Gasteiger partial charge in [-0.05, 0) is 49.6 Å². The Labute approximate surface area is 144 Å². The molecule has 3 nitrogen and oxygen atoms in total. The molecule has 0 unspecified atom stereocenters. The van der Waals surface area contributed by atoms with Gasteiger partial charge in [-0.15, -0.1) is 0 Å². The summed E-state index contributed by atoms with van der Waals surface area (Å²) in [4.78, 5) is 16.9. The van der Waals surface area contributed by atoms with E-state index < -0.39 is 0 Å². The molecule has 2 aliphatic rings. The number of thioether (sulfide) groups is 1. The molecule has 1 amide bonds. The number of rotatable bonds is 5. The van der Waals surface area contributed by atoms with Crippen LogP contribution in [-0.2, 0) is 11.3 Å². The third kappa shape index (κ3) is 4.30. The van der Waals surface area contributed by atoms with Crippen LogP contribution in [0.25, 0.3) is 0 Å². The van der Waals surface area contributed by atoms with E-state index in [2.05, 4.69) is 46.4 Å². The van der Waals surface area contributed by atoms with Crippen LogP contribution in [0.3, 0.4) is 0 Å². The van der Waals surface area contributed by atoms with E-state index in [0.717, 1.165) is 25.4 Å².